The highest BCUT2D eigenvalue weighted by molar-refractivity contribution is 7.89. The maximum Gasteiger partial charge on any atom is 0.268 e. The maximum atomic E-state index is 12.1. The zero-order valence-corrected chi connectivity index (χ0v) is 18.3. The Morgan fingerprint density at radius 2 is 1.74 bits per heavy atom. The molecule has 31 heavy (non-hydrogen) atoms. The number of benzene rings is 1. The number of hydrogen-bond donors (Lipinski definition) is 1. The molecule has 1 aliphatic rings. The van der Waals surface area contributed by atoms with Crippen molar-refractivity contribution >= 4 is 15.8 Å². The first-order valence-electron chi connectivity index (χ1n) is 10.1. The van der Waals surface area contributed by atoms with Crippen LogP contribution in [0.5, 0.6) is 0 Å². The van der Waals surface area contributed by atoms with Crippen LogP contribution in [-0.4, -0.2) is 71.9 Å². The predicted molar refractivity (Wildman–Crippen MR) is 117 cm³/mol. The van der Waals surface area contributed by atoms with Gasteiger partial charge in [0.15, 0.2) is 0 Å². The number of nitrogens with zero attached hydrogens (tertiary/aromatic N) is 6. The molecule has 0 aliphatic carbocycles. The lowest BCUT2D eigenvalue weighted by atomic mass is 10.1. The summed E-state index contributed by atoms with van der Waals surface area (Å²) in [5.74, 6) is 1.47. The lowest BCUT2D eigenvalue weighted by Gasteiger charge is -2.34. The second kappa shape index (κ2) is 9.08. The van der Waals surface area contributed by atoms with E-state index in [1.165, 1.54) is 4.31 Å². The smallest absolute Gasteiger partial charge is 0.268 e. The Hall–Kier alpha value is -2.89. The van der Waals surface area contributed by atoms with Crippen molar-refractivity contribution in [2.75, 3.05) is 43.9 Å². The van der Waals surface area contributed by atoms with Crippen LogP contribution in [-0.2, 0) is 16.6 Å². The SMILES string of the molecule is CCS(=O)(=O)N1CCN(c2cncc(-c3nnc(-c4ccc(CNC)cc4)o3)n2)CC1. The number of rotatable bonds is 7. The van der Waals surface area contributed by atoms with Gasteiger partial charge in [-0.15, -0.1) is 10.2 Å². The standard InChI is InChI=1S/C20H25N7O3S/c1-3-31(28,29)27-10-8-26(9-11-27)18-14-22-13-17(23-18)20-25-24-19(30-20)16-6-4-15(5-7-16)12-21-2/h4-7,13-14,21H,3,8-12H2,1-2H3. The molecule has 0 amide bonds. The fourth-order valence-corrected chi connectivity index (χ4v) is 4.49. The second-order valence-electron chi connectivity index (χ2n) is 7.19. The van der Waals surface area contributed by atoms with Crippen molar-refractivity contribution in [1.82, 2.24) is 29.8 Å². The first-order chi connectivity index (χ1) is 15.0. The minimum absolute atomic E-state index is 0.111. The van der Waals surface area contributed by atoms with Gasteiger partial charge in [0, 0.05) is 38.3 Å². The van der Waals surface area contributed by atoms with E-state index < -0.39 is 10.0 Å². The molecule has 0 saturated carbocycles. The molecule has 1 aromatic carbocycles. The summed E-state index contributed by atoms with van der Waals surface area (Å²) < 4.78 is 31.5. The van der Waals surface area contributed by atoms with E-state index in [-0.39, 0.29) is 11.6 Å². The van der Waals surface area contributed by atoms with Crippen LogP contribution in [0.3, 0.4) is 0 Å². The minimum atomic E-state index is -3.17. The van der Waals surface area contributed by atoms with Crippen LogP contribution in [0.15, 0.2) is 41.1 Å². The van der Waals surface area contributed by atoms with E-state index in [0.29, 0.717) is 43.6 Å². The van der Waals surface area contributed by atoms with Crippen molar-refractivity contribution in [3.63, 3.8) is 0 Å². The summed E-state index contributed by atoms with van der Waals surface area (Å²) >= 11 is 0. The number of anilines is 1. The highest BCUT2D eigenvalue weighted by Crippen LogP contribution is 2.24. The third kappa shape index (κ3) is 4.73. The molecule has 2 aromatic heterocycles. The van der Waals surface area contributed by atoms with Gasteiger partial charge in [0.1, 0.15) is 11.5 Å². The van der Waals surface area contributed by atoms with Crippen LogP contribution in [0.4, 0.5) is 5.82 Å². The summed E-state index contributed by atoms with van der Waals surface area (Å²) in [5.41, 5.74) is 2.47. The van der Waals surface area contributed by atoms with Crippen molar-refractivity contribution in [2.24, 2.45) is 0 Å². The molecule has 0 atom stereocenters. The molecule has 0 radical (unpaired) electrons. The van der Waals surface area contributed by atoms with Gasteiger partial charge in [-0.05, 0) is 31.7 Å². The fraction of sp³-hybridized carbons (Fsp3) is 0.400. The van der Waals surface area contributed by atoms with E-state index in [0.717, 1.165) is 17.7 Å². The maximum absolute atomic E-state index is 12.1. The van der Waals surface area contributed by atoms with E-state index in [1.54, 1.807) is 19.3 Å². The first kappa shape index (κ1) is 21.3. The van der Waals surface area contributed by atoms with E-state index >= 15 is 0 Å². The van der Waals surface area contributed by atoms with Gasteiger partial charge in [-0.3, -0.25) is 4.98 Å². The third-order valence-corrected chi connectivity index (χ3v) is 7.05. The van der Waals surface area contributed by atoms with E-state index in [2.05, 4.69) is 25.5 Å². The first-order valence-corrected chi connectivity index (χ1v) is 11.7. The molecular formula is C20H25N7O3S. The van der Waals surface area contributed by atoms with Crippen molar-refractivity contribution in [1.29, 1.82) is 0 Å². The number of aromatic nitrogens is 4. The largest absolute Gasteiger partial charge is 0.415 e. The lowest BCUT2D eigenvalue weighted by Crippen LogP contribution is -2.49. The number of hydrogen-bond acceptors (Lipinski definition) is 9. The highest BCUT2D eigenvalue weighted by atomic mass is 32.2. The van der Waals surface area contributed by atoms with Gasteiger partial charge in [-0.25, -0.2) is 13.4 Å². The molecule has 3 heterocycles. The second-order valence-corrected chi connectivity index (χ2v) is 9.45. The minimum Gasteiger partial charge on any atom is -0.415 e. The zero-order chi connectivity index (χ0) is 21.8. The van der Waals surface area contributed by atoms with Crippen LogP contribution < -0.4 is 10.2 Å². The van der Waals surface area contributed by atoms with Gasteiger partial charge in [0.05, 0.1) is 18.1 Å². The summed E-state index contributed by atoms with van der Waals surface area (Å²) in [6.07, 6.45) is 3.24. The molecule has 0 unspecified atom stereocenters. The zero-order valence-electron chi connectivity index (χ0n) is 17.5. The molecule has 10 nitrogen and oxygen atoms in total. The normalized spacial score (nSPS) is 15.4. The van der Waals surface area contributed by atoms with E-state index in [4.69, 9.17) is 4.42 Å². The van der Waals surface area contributed by atoms with Gasteiger partial charge < -0.3 is 14.6 Å². The summed E-state index contributed by atoms with van der Waals surface area (Å²) in [4.78, 5) is 10.9. The third-order valence-electron chi connectivity index (χ3n) is 5.17. The molecule has 3 aromatic rings. The molecule has 1 aliphatic heterocycles. The van der Waals surface area contributed by atoms with Crippen LogP contribution in [0.1, 0.15) is 12.5 Å². The number of piperazine rings is 1. The number of sulfonamides is 1. The molecule has 1 saturated heterocycles. The molecule has 1 N–H and O–H groups in total. The van der Waals surface area contributed by atoms with Gasteiger partial charge >= 0.3 is 0 Å². The lowest BCUT2D eigenvalue weighted by molar-refractivity contribution is 0.384. The molecule has 0 bridgehead atoms. The Balaban J connectivity index is 1.48. The molecule has 1 fully saturated rings. The van der Waals surface area contributed by atoms with Crippen LogP contribution in [0.25, 0.3) is 23.0 Å². The van der Waals surface area contributed by atoms with Crippen molar-refractivity contribution < 1.29 is 12.8 Å². The van der Waals surface area contributed by atoms with E-state index in [1.807, 2.05) is 36.2 Å². The quantitative estimate of drug-likeness (QED) is 0.578. The molecule has 0 spiro atoms. The Bertz CT molecular complexity index is 1120. The summed E-state index contributed by atoms with van der Waals surface area (Å²) in [6, 6.07) is 7.90. The summed E-state index contributed by atoms with van der Waals surface area (Å²) in [6.45, 7) is 4.39. The number of nitrogens with one attached hydrogen (secondary N) is 1. The average Bonchev–Trinajstić information content (AvgIpc) is 3.30. The van der Waals surface area contributed by atoms with Crippen LogP contribution in [0, 0.1) is 0 Å². The molecular weight excluding hydrogens is 418 g/mol. The average molecular weight is 444 g/mol. The molecule has 4 rings (SSSR count). The van der Waals surface area contributed by atoms with Crippen molar-refractivity contribution in [3.05, 3.63) is 42.2 Å². The Morgan fingerprint density at radius 1 is 1.03 bits per heavy atom. The molecule has 164 valence electrons. The Kier molecular flexibility index (Phi) is 6.25. The van der Waals surface area contributed by atoms with Gasteiger partial charge in [0.25, 0.3) is 5.89 Å². The Morgan fingerprint density at radius 3 is 2.42 bits per heavy atom. The topological polar surface area (TPSA) is 117 Å². The van der Waals surface area contributed by atoms with Crippen LogP contribution in [0.2, 0.25) is 0 Å². The predicted octanol–water partition coefficient (Wildman–Crippen LogP) is 1.38. The van der Waals surface area contributed by atoms with Crippen molar-refractivity contribution in [2.45, 2.75) is 13.5 Å². The molecule has 11 heteroatoms. The van der Waals surface area contributed by atoms with Gasteiger partial charge in [-0.2, -0.15) is 4.31 Å². The van der Waals surface area contributed by atoms with Gasteiger partial charge in [0.2, 0.25) is 15.9 Å². The summed E-state index contributed by atoms with van der Waals surface area (Å²) in [7, 11) is -1.27. The fourth-order valence-electron chi connectivity index (χ4n) is 3.40. The highest BCUT2D eigenvalue weighted by Gasteiger charge is 2.26. The monoisotopic (exact) mass is 443 g/mol. The van der Waals surface area contributed by atoms with Gasteiger partial charge in [-0.1, -0.05) is 12.1 Å². The van der Waals surface area contributed by atoms with Crippen LogP contribution >= 0.6 is 0 Å². The van der Waals surface area contributed by atoms with E-state index in [9.17, 15) is 8.42 Å². The van der Waals surface area contributed by atoms with Crippen molar-refractivity contribution in [3.8, 4) is 23.0 Å². The summed E-state index contributed by atoms with van der Waals surface area (Å²) in [5, 5.41) is 11.4. The Labute approximate surface area is 181 Å².